The van der Waals surface area contributed by atoms with E-state index in [0.29, 0.717) is 11.7 Å². The zero-order valence-corrected chi connectivity index (χ0v) is 9.93. The van der Waals surface area contributed by atoms with E-state index in [1.807, 2.05) is 0 Å². The molecule has 1 fully saturated rings. The number of nitrogen functional groups attached to an aromatic ring is 1. The first-order valence-corrected chi connectivity index (χ1v) is 5.94. The van der Waals surface area contributed by atoms with Gasteiger partial charge in [-0.15, -0.1) is 0 Å². The van der Waals surface area contributed by atoms with Gasteiger partial charge in [0, 0.05) is 11.7 Å². The van der Waals surface area contributed by atoms with Crippen LogP contribution in [0.2, 0.25) is 0 Å². The normalized spacial score (nSPS) is 15.8. The van der Waals surface area contributed by atoms with Gasteiger partial charge in [-0.05, 0) is 37.1 Å². The van der Waals surface area contributed by atoms with Crippen LogP contribution in [0.25, 0.3) is 0 Å². The first-order valence-electron chi connectivity index (χ1n) is 5.94. The number of aromatic carboxylic acids is 1. The number of benzene rings is 1. The lowest BCUT2D eigenvalue weighted by molar-refractivity contribution is 0.0697. The molecule has 94 valence electrons. The molecule has 1 aromatic rings. The van der Waals surface area contributed by atoms with E-state index >= 15 is 0 Å². The van der Waals surface area contributed by atoms with Crippen molar-refractivity contribution in [3.8, 4) is 0 Å². The molecule has 4 heteroatoms. The molecule has 17 heavy (non-hydrogen) atoms. The minimum absolute atomic E-state index is 0.259. The Bertz CT molecular complexity index is 343. The molecule has 0 aliphatic heterocycles. The second-order valence-corrected chi connectivity index (χ2v) is 4.33. The molecular weight excluding hydrogens is 216 g/mol. The van der Waals surface area contributed by atoms with Gasteiger partial charge in [0.15, 0.2) is 0 Å². The Morgan fingerprint density at radius 1 is 1.12 bits per heavy atom. The van der Waals surface area contributed by atoms with Crippen molar-refractivity contribution < 1.29 is 9.90 Å². The third-order valence-electron chi connectivity index (χ3n) is 2.81. The molecule has 5 N–H and O–H groups in total. The minimum Gasteiger partial charge on any atom is -0.478 e. The molecule has 1 aromatic carbocycles. The van der Waals surface area contributed by atoms with Crippen molar-refractivity contribution in [1.82, 2.24) is 0 Å². The molecule has 0 bridgehead atoms. The third-order valence-corrected chi connectivity index (χ3v) is 2.81. The van der Waals surface area contributed by atoms with Crippen LogP contribution in [-0.2, 0) is 0 Å². The van der Waals surface area contributed by atoms with Crippen molar-refractivity contribution in [3.05, 3.63) is 29.8 Å². The van der Waals surface area contributed by atoms with E-state index in [1.54, 1.807) is 12.1 Å². The average Bonchev–Trinajstić information content (AvgIpc) is 2.31. The number of carboxylic acid groups (broad SMARTS) is 1. The van der Waals surface area contributed by atoms with E-state index in [1.165, 1.54) is 44.2 Å². The predicted octanol–water partition coefficient (Wildman–Crippen LogP) is 2.24. The number of carbonyl (C=O) groups is 1. The third kappa shape index (κ3) is 5.36. The highest BCUT2D eigenvalue weighted by Crippen LogP contribution is 2.14. The molecule has 1 aliphatic carbocycles. The summed E-state index contributed by atoms with van der Waals surface area (Å²) in [5.74, 6) is -0.931. The first kappa shape index (κ1) is 13.5. The molecule has 0 saturated heterocycles. The summed E-state index contributed by atoms with van der Waals surface area (Å²) in [7, 11) is 0. The van der Waals surface area contributed by atoms with Gasteiger partial charge in [0.2, 0.25) is 0 Å². The van der Waals surface area contributed by atoms with E-state index in [2.05, 4.69) is 0 Å². The fourth-order valence-corrected chi connectivity index (χ4v) is 1.76. The van der Waals surface area contributed by atoms with Crippen molar-refractivity contribution >= 4 is 11.7 Å². The van der Waals surface area contributed by atoms with Gasteiger partial charge in [-0.1, -0.05) is 19.3 Å². The molecule has 1 saturated carbocycles. The van der Waals surface area contributed by atoms with Gasteiger partial charge < -0.3 is 16.6 Å². The average molecular weight is 236 g/mol. The van der Waals surface area contributed by atoms with Crippen molar-refractivity contribution in [1.29, 1.82) is 0 Å². The molecule has 2 rings (SSSR count). The molecule has 0 atom stereocenters. The summed E-state index contributed by atoms with van der Waals surface area (Å²) in [6.07, 6.45) is 6.66. The standard InChI is InChI=1S/C7H7NO2.C6H13N/c8-6-3-1-5(2-4-6)7(9)10;7-6-4-2-1-3-5-6/h1-4H,8H2,(H,9,10);6H,1-5,7H2. The van der Waals surface area contributed by atoms with Crippen LogP contribution in [0.1, 0.15) is 42.5 Å². The molecule has 1 aliphatic rings. The van der Waals surface area contributed by atoms with Crippen LogP contribution < -0.4 is 11.5 Å². The van der Waals surface area contributed by atoms with E-state index in [0.717, 1.165) is 0 Å². The van der Waals surface area contributed by atoms with Gasteiger partial charge >= 0.3 is 5.97 Å². The van der Waals surface area contributed by atoms with Gasteiger partial charge in [0.25, 0.3) is 0 Å². The molecule has 0 radical (unpaired) electrons. The lowest BCUT2D eigenvalue weighted by Gasteiger charge is -2.15. The Kier molecular flexibility index (Phi) is 5.49. The smallest absolute Gasteiger partial charge is 0.335 e. The Labute approximate surface area is 102 Å². The highest BCUT2D eigenvalue weighted by atomic mass is 16.4. The second-order valence-electron chi connectivity index (χ2n) is 4.33. The predicted molar refractivity (Wildman–Crippen MR) is 68.9 cm³/mol. The lowest BCUT2D eigenvalue weighted by Crippen LogP contribution is -2.22. The Morgan fingerprint density at radius 2 is 1.65 bits per heavy atom. The highest BCUT2D eigenvalue weighted by Gasteiger charge is 2.06. The summed E-state index contributed by atoms with van der Waals surface area (Å²) >= 11 is 0. The van der Waals surface area contributed by atoms with E-state index in [-0.39, 0.29) is 5.56 Å². The minimum atomic E-state index is -0.931. The quantitative estimate of drug-likeness (QED) is 0.652. The number of hydrogen-bond donors (Lipinski definition) is 3. The van der Waals surface area contributed by atoms with Crippen LogP contribution in [0.3, 0.4) is 0 Å². The molecule has 0 unspecified atom stereocenters. The summed E-state index contributed by atoms with van der Waals surface area (Å²) in [5, 5.41) is 8.43. The van der Waals surface area contributed by atoms with Crippen molar-refractivity contribution in [2.45, 2.75) is 38.1 Å². The highest BCUT2D eigenvalue weighted by molar-refractivity contribution is 5.87. The largest absolute Gasteiger partial charge is 0.478 e. The van der Waals surface area contributed by atoms with Crippen LogP contribution in [0.4, 0.5) is 5.69 Å². The van der Waals surface area contributed by atoms with Gasteiger partial charge in [-0.25, -0.2) is 4.79 Å². The Balaban J connectivity index is 0.000000181. The fraction of sp³-hybridized carbons (Fsp3) is 0.462. The first-order chi connectivity index (χ1) is 8.09. The summed E-state index contributed by atoms with van der Waals surface area (Å²) in [4.78, 5) is 10.3. The molecule has 0 amide bonds. The monoisotopic (exact) mass is 236 g/mol. The summed E-state index contributed by atoms with van der Waals surface area (Å²) < 4.78 is 0. The van der Waals surface area contributed by atoms with Gasteiger partial charge in [0.05, 0.1) is 5.56 Å². The molecule has 0 spiro atoms. The number of nitrogens with two attached hydrogens (primary N) is 2. The summed E-state index contributed by atoms with van der Waals surface area (Å²) in [5.41, 5.74) is 11.8. The number of rotatable bonds is 1. The Hall–Kier alpha value is -1.55. The van der Waals surface area contributed by atoms with Crippen LogP contribution in [0.5, 0.6) is 0 Å². The Morgan fingerprint density at radius 3 is 2.00 bits per heavy atom. The van der Waals surface area contributed by atoms with Gasteiger partial charge in [0.1, 0.15) is 0 Å². The molecule has 4 nitrogen and oxygen atoms in total. The van der Waals surface area contributed by atoms with Crippen molar-refractivity contribution in [3.63, 3.8) is 0 Å². The maximum Gasteiger partial charge on any atom is 0.335 e. The zero-order valence-electron chi connectivity index (χ0n) is 9.93. The fourth-order valence-electron chi connectivity index (χ4n) is 1.76. The molecular formula is C13H20N2O2. The van der Waals surface area contributed by atoms with E-state index < -0.39 is 5.97 Å². The lowest BCUT2D eigenvalue weighted by atomic mass is 9.97. The maximum absolute atomic E-state index is 10.3. The van der Waals surface area contributed by atoms with Crippen LogP contribution in [0.15, 0.2) is 24.3 Å². The van der Waals surface area contributed by atoms with Gasteiger partial charge in [-0.3, -0.25) is 0 Å². The zero-order chi connectivity index (χ0) is 12.7. The summed E-state index contributed by atoms with van der Waals surface area (Å²) in [6, 6.07) is 6.59. The number of carboxylic acids is 1. The number of hydrogen-bond acceptors (Lipinski definition) is 3. The van der Waals surface area contributed by atoms with Crippen LogP contribution in [0, 0.1) is 0 Å². The SMILES string of the molecule is NC1CCCCC1.Nc1ccc(C(=O)O)cc1. The van der Waals surface area contributed by atoms with Gasteiger partial charge in [-0.2, -0.15) is 0 Å². The number of anilines is 1. The van der Waals surface area contributed by atoms with Crippen molar-refractivity contribution in [2.24, 2.45) is 5.73 Å². The second kappa shape index (κ2) is 6.91. The van der Waals surface area contributed by atoms with Crippen LogP contribution >= 0.6 is 0 Å². The molecule has 0 aromatic heterocycles. The van der Waals surface area contributed by atoms with E-state index in [4.69, 9.17) is 16.6 Å². The maximum atomic E-state index is 10.3. The molecule has 0 heterocycles. The summed E-state index contributed by atoms with van der Waals surface area (Å²) in [6.45, 7) is 0. The van der Waals surface area contributed by atoms with Crippen LogP contribution in [-0.4, -0.2) is 17.1 Å². The van der Waals surface area contributed by atoms with E-state index in [9.17, 15) is 4.79 Å². The topological polar surface area (TPSA) is 89.3 Å². The van der Waals surface area contributed by atoms with Crippen molar-refractivity contribution in [2.75, 3.05) is 5.73 Å².